The van der Waals surface area contributed by atoms with E-state index in [1.807, 2.05) is 12.3 Å². The fourth-order valence-corrected chi connectivity index (χ4v) is 7.56. The molecule has 0 fully saturated rings. The highest BCUT2D eigenvalue weighted by molar-refractivity contribution is 6.15. The maximum absolute atomic E-state index is 6.86. The van der Waals surface area contributed by atoms with Crippen LogP contribution in [0.25, 0.3) is 77.0 Å². The standard InChI is InChI=1S/C49H32N2O/c1-2-12-33(13-3-1)34-26-28-35(29-27-34)37-17-8-19-40(30-37)51(41-20-9-18-38(31-41)43-23-10-16-36-14-4-6-21-42(36)43)46-25-11-24-45-47-49(52-48(45)46)44-22-7-5-15-39(44)32-50-47/h1-32H. The van der Waals surface area contributed by atoms with Crippen LogP contribution in [0.3, 0.4) is 0 Å². The number of fused-ring (bicyclic) bond motifs is 6. The van der Waals surface area contributed by atoms with Gasteiger partial charge in [-0.05, 0) is 80.6 Å². The lowest BCUT2D eigenvalue weighted by Gasteiger charge is -2.26. The maximum atomic E-state index is 6.86. The third kappa shape index (κ3) is 5.10. The number of aromatic nitrogens is 1. The quantitative estimate of drug-likeness (QED) is 0.177. The van der Waals surface area contributed by atoms with Gasteiger partial charge in [0.05, 0.1) is 5.69 Å². The van der Waals surface area contributed by atoms with Crippen LogP contribution in [0.1, 0.15) is 0 Å². The van der Waals surface area contributed by atoms with Crippen molar-refractivity contribution in [2.75, 3.05) is 4.90 Å². The molecule has 52 heavy (non-hydrogen) atoms. The van der Waals surface area contributed by atoms with Gasteiger partial charge in [0.2, 0.25) is 0 Å². The van der Waals surface area contributed by atoms with Crippen LogP contribution in [0.2, 0.25) is 0 Å². The molecule has 0 aliphatic carbocycles. The summed E-state index contributed by atoms with van der Waals surface area (Å²) in [5.41, 5.74) is 12.5. The minimum Gasteiger partial charge on any atom is -0.451 e. The molecule has 10 rings (SSSR count). The van der Waals surface area contributed by atoms with E-state index in [-0.39, 0.29) is 0 Å². The Bertz CT molecular complexity index is 2900. The highest BCUT2D eigenvalue weighted by Crippen LogP contribution is 2.44. The normalized spacial score (nSPS) is 11.5. The number of benzene rings is 8. The molecule has 0 atom stereocenters. The molecule has 0 saturated carbocycles. The third-order valence-corrected chi connectivity index (χ3v) is 10.1. The van der Waals surface area contributed by atoms with E-state index in [2.05, 4.69) is 187 Å². The average molecular weight is 665 g/mol. The van der Waals surface area contributed by atoms with Gasteiger partial charge in [0, 0.05) is 33.7 Å². The molecule has 0 unspecified atom stereocenters. The Hall–Kier alpha value is -6.97. The summed E-state index contributed by atoms with van der Waals surface area (Å²) in [4.78, 5) is 7.22. The van der Waals surface area contributed by atoms with Crippen LogP contribution >= 0.6 is 0 Å². The van der Waals surface area contributed by atoms with Gasteiger partial charge in [-0.15, -0.1) is 0 Å². The number of furan rings is 1. The molecule has 3 heteroatoms. The molecule has 0 saturated heterocycles. The van der Waals surface area contributed by atoms with Crippen molar-refractivity contribution >= 4 is 60.7 Å². The summed E-state index contributed by atoms with van der Waals surface area (Å²) >= 11 is 0. The first-order chi connectivity index (χ1) is 25.8. The fraction of sp³-hybridized carbons (Fsp3) is 0. The predicted octanol–water partition coefficient (Wildman–Crippen LogP) is 13.8. The average Bonchev–Trinajstić information content (AvgIpc) is 3.62. The van der Waals surface area contributed by atoms with E-state index >= 15 is 0 Å². The van der Waals surface area contributed by atoms with E-state index in [1.54, 1.807) is 0 Å². The van der Waals surface area contributed by atoms with Gasteiger partial charge in [0.15, 0.2) is 11.2 Å². The molecule has 8 aromatic carbocycles. The summed E-state index contributed by atoms with van der Waals surface area (Å²) in [6.07, 6.45) is 1.94. The molecule has 10 aromatic rings. The highest BCUT2D eigenvalue weighted by Gasteiger charge is 2.22. The molecule has 2 aromatic heterocycles. The van der Waals surface area contributed by atoms with Gasteiger partial charge < -0.3 is 9.32 Å². The first kappa shape index (κ1) is 29.9. The van der Waals surface area contributed by atoms with E-state index in [1.165, 1.54) is 27.5 Å². The van der Waals surface area contributed by atoms with Gasteiger partial charge in [0.25, 0.3) is 0 Å². The van der Waals surface area contributed by atoms with E-state index < -0.39 is 0 Å². The number of rotatable bonds is 6. The molecule has 0 N–H and O–H groups in total. The van der Waals surface area contributed by atoms with Gasteiger partial charge >= 0.3 is 0 Å². The first-order valence-electron chi connectivity index (χ1n) is 17.6. The Morgan fingerprint density at radius 1 is 0.385 bits per heavy atom. The monoisotopic (exact) mass is 664 g/mol. The molecule has 0 aliphatic heterocycles. The zero-order valence-electron chi connectivity index (χ0n) is 28.3. The lowest BCUT2D eigenvalue weighted by molar-refractivity contribution is 0.672. The van der Waals surface area contributed by atoms with Crippen LogP contribution in [0.15, 0.2) is 199 Å². The summed E-state index contributed by atoms with van der Waals surface area (Å²) < 4.78 is 6.86. The fourth-order valence-electron chi connectivity index (χ4n) is 7.56. The molecule has 244 valence electrons. The van der Waals surface area contributed by atoms with Gasteiger partial charge in [-0.3, -0.25) is 4.98 Å². The second-order valence-corrected chi connectivity index (χ2v) is 13.2. The zero-order valence-corrected chi connectivity index (χ0v) is 28.3. The van der Waals surface area contributed by atoms with Crippen molar-refractivity contribution in [3.8, 4) is 33.4 Å². The van der Waals surface area contributed by atoms with Crippen molar-refractivity contribution in [2.45, 2.75) is 0 Å². The summed E-state index contributed by atoms with van der Waals surface area (Å²) in [7, 11) is 0. The second-order valence-electron chi connectivity index (χ2n) is 13.2. The van der Waals surface area contributed by atoms with Crippen LogP contribution < -0.4 is 4.90 Å². The van der Waals surface area contributed by atoms with Crippen molar-refractivity contribution in [1.29, 1.82) is 0 Å². The molecular weight excluding hydrogens is 633 g/mol. The predicted molar refractivity (Wildman–Crippen MR) is 218 cm³/mol. The number of hydrogen-bond acceptors (Lipinski definition) is 3. The molecule has 2 heterocycles. The smallest absolute Gasteiger partial charge is 0.161 e. The van der Waals surface area contributed by atoms with Gasteiger partial charge in [-0.1, -0.05) is 152 Å². The van der Waals surface area contributed by atoms with Crippen molar-refractivity contribution in [1.82, 2.24) is 4.98 Å². The Morgan fingerprint density at radius 3 is 1.75 bits per heavy atom. The minimum absolute atomic E-state index is 0.800. The van der Waals surface area contributed by atoms with Gasteiger partial charge in [-0.2, -0.15) is 0 Å². The molecular formula is C49H32N2O. The van der Waals surface area contributed by atoms with Crippen LogP contribution in [-0.4, -0.2) is 4.98 Å². The lowest BCUT2D eigenvalue weighted by atomic mass is 9.97. The topological polar surface area (TPSA) is 29.3 Å². The summed E-state index contributed by atoms with van der Waals surface area (Å²) in [6, 6.07) is 66.7. The molecule has 0 spiro atoms. The summed E-state index contributed by atoms with van der Waals surface area (Å²) in [5, 5.41) is 5.55. The largest absolute Gasteiger partial charge is 0.451 e. The second kappa shape index (κ2) is 12.4. The van der Waals surface area contributed by atoms with Gasteiger partial charge in [-0.25, -0.2) is 0 Å². The van der Waals surface area contributed by atoms with Crippen molar-refractivity contribution < 1.29 is 4.42 Å². The Labute approximate surface area is 301 Å². The maximum Gasteiger partial charge on any atom is 0.161 e. The molecule has 0 amide bonds. The molecule has 0 bridgehead atoms. The number of anilines is 3. The summed E-state index contributed by atoms with van der Waals surface area (Å²) in [6.45, 7) is 0. The number of nitrogens with zero attached hydrogens (tertiary/aromatic N) is 2. The van der Waals surface area contributed by atoms with Crippen LogP contribution in [0, 0.1) is 0 Å². The van der Waals surface area contributed by atoms with Crippen LogP contribution in [0.4, 0.5) is 17.1 Å². The SMILES string of the molecule is c1ccc(-c2ccc(-c3cccc(N(c4cccc(-c5cccc6ccccc56)c4)c4cccc5c4oc4c6ccccc6cnc54)c3)cc2)cc1. The van der Waals surface area contributed by atoms with Crippen molar-refractivity contribution in [3.63, 3.8) is 0 Å². The highest BCUT2D eigenvalue weighted by atomic mass is 16.3. The third-order valence-electron chi connectivity index (χ3n) is 10.1. The van der Waals surface area contributed by atoms with E-state index in [0.29, 0.717) is 0 Å². The zero-order chi connectivity index (χ0) is 34.4. The molecule has 3 nitrogen and oxygen atoms in total. The van der Waals surface area contributed by atoms with E-state index in [9.17, 15) is 0 Å². The Balaban J connectivity index is 1.17. The van der Waals surface area contributed by atoms with Crippen molar-refractivity contribution in [2.24, 2.45) is 0 Å². The van der Waals surface area contributed by atoms with E-state index in [0.717, 1.165) is 66.6 Å². The Morgan fingerprint density at radius 2 is 0.942 bits per heavy atom. The van der Waals surface area contributed by atoms with Crippen molar-refractivity contribution in [3.05, 3.63) is 194 Å². The van der Waals surface area contributed by atoms with Crippen LogP contribution in [0.5, 0.6) is 0 Å². The minimum atomic E-state index is 0.800. The number of hydrogen-bond donors (Lipinski definition) is 0. The molecule has 0 radical (unpaired) electrons. The summed E-state index contributed by atoms with van der Waals surface area (Å²) in [5.74, 6) is 0. The van der Waals surface area contributed by atoms with E-state index in [4.69, 9.17) is 9.40 Å². The van der Waals surface area contributed by atoms with Crippen LogP contribution in [-0.2, 0) is 0 Å². The molecule has 0 aliphatic rings. The van der Waals surface area contributed by atoms with Gasteiger partial charge in [0.1, 0.15) is 5.52 Å². The Kier molecular flexibility index (Phi) is 7.14. The lowest BCUT2D eigenvalue weighted by Crippen LogP contribution is -2.10. The first-order valence-corrected chi connectivity index (χ1v) is 17.6. The number of para-hydroxylation sites is 1. The number of pyridine rings is 1.